The quantitative estimate of drug-likeness (QED) is 0.741. The first-order valence-electron chi connectivity index (χ1n) is 10.6. The Bertz CT molecular complexity index is 890. The Balaban J connectivity index is 1.39. The van der Waals surface area contributed by atoms with Crippen LogP contribution >= 0.6 is 0 Å². The van der Waals surface area contributed by atoms with Crippen molar-refractivity contribution in [1.29, 1.82) is 0 Å². The molecule has 0 radical (unpaired) electrons. The number of amides is 1. The first-order chi connectivity index (χ1) is 14.0. The number of fused-ring (bicyclic) bond motifs is 1. The summed E-state index contributed by atoms with van der Waals surface area (Å²) in [7, 11) is 0. The van der Waals surface area contributed by atoms with E-state index in [2.05, 4.69) is 5.10 Å². The lowest BCUT2D eigenvalue weighted by Gasteiger charge is -2.41. The molecule has 29 heavy (non-hydrogen) atoms. The fourth-order valence-corrected chi connectivity index (χ4v) is 4.88. The molecule has 2 atom stereocenters. The summed E-state index contributed by atoms with van der Waals surface area (Å²) >= 11 is 0. The van der Waals surface area contributed by atoms with Crippen molar-refractivity contribution in [2.24, 2.45) is 11.8 Å². The average Bonchev–Trinajstić information content (AvgIpc) is 3.06. The van der Waals surface area contributed by atoms with Crippen LogP contribution in [-0.2, 0) is 9.53 Å². The van der Waals surface area contributed by atoms with Crippen molar-refractivity contribution in [3.63, 3.8) is 0 Å². The van der Waals surface area contributed by atoms with Gasteiger partial charge in [0.2, 0.25) is 0 Å². The van der Waals surface area contributed by atoms with Crippen molar-refractivity contribution in [2.75, 3.05) is 19.7 Å². The number of aryl methyl sites for hydroxylation is 1. The van der Waals surface area contributed by atoms with Gasteiger partial charge in [-0.25, -0.2) is 9.48 Å². The number of rotatable bonds is 4. The molecule has 2 aliphatic rings. The van der Waals surface area contributed by atoms with Gasteiger partial charge >= 0.3 is 5.97 Å². The minimum Gasteiger partial charge on any atom is -0.452 e. The molecule has 0 N–H and O–H groups in total. The Hall–Kier alpha value is -2.63. The zero-order chi connectivity index (χ0) is 20.4. The van der Waals surface area contributed by atoms with Gasteiger partial charge in [-0.2, -0.15) is 5.10 Å². The first-order valence-corrected chi connectivity index (χ1v) is 10.6. The monoisotopic (exact) mass is 395 g/mol. The van der Waals surface area contributed by atoms with Crippen LogP contribution in [0.15, 0.2) is 30.3 Å². The molecule has 4 rings (SSSR count). The molecule has 1 aromatic heterocycles. The maximum Gasteiger partial charge on any atom is 0.342 e. The zero-order valence-electron chi connectivity index (χ0n) is 17.3. The number of aromatic nitrogens is 2. The number of piperidine rings is 1. The largest absolute Gasteiger partial charge is 0.452 e. The predicted molar refractivity (Wildman–Crippen MR) is 110 cm³/mol. The third kappa shape index (κ3) is 4.07. The normalized spacial score (nSPS) is 21.5. The maximum atomic E-state index is 12.7. The molecule has 6 nitrogen and oxygen atoms in total. The summed E-state index contributed by atoms with van der Waals surface area (Å²) in [6, 6.07) is 9.67. The standard InChI is InChI=1S/C23H29N3O3/c1-16-22(17(2)26(24-16)20-10-4-3-5-11-20)23(28)29-15-21(27)25-13-12-18-8-6-7-9-19(18)14-25/h3-5,10-11,18-19H,6-9,12-15H2,1-2H3/t18-,19-/m0/s1. The van der Waals surface area contributed by atoms with E-state index in [9.17, 15) is 9.59 Å². The van der Waals surface area contributed by atoms with Crippen LogP contribution in [0.1, 0.15) is 53.8 Å². The molecule has 1 aliphatic heterocycles. The van der Waals surface area contributed by atoms with Crippen LogP contribution in [0.2, 0.25) is 0 Å². The summed E-state index contributed by atoms with van der Waals surface area (Å²) < 4.78 is 7.14. The van der Waals surface area contributed by atoms with Crippen LogP contribution in [0.5, 0.6) is 0 Å². The molecular formula is C23H29N3O3. The van der Waals surface area contributed by atoms with Gasteiger partial charge in [-0.3, -0.25) is 4.79 Å². The second kappa shape index (κ2) is 8.39. The molecular weight excluding hydrogens is 366 g/mol. The van der Waals surface area contributed by atoms with Crippen LogP contribution in [0, 0.1) is 25.7 Å². The molecule has 0 unspecified atom stereocenters. The number of para-hydroxylation sites is 1. The van der Waals surface area contributed by atoms with Gasteiger partial charge in [-0.1, -0.05) is 37.5 Å². The van der Waals surface area contributed by atoms with E-state index >= 15 is 0 Å². The van der Waals surface area contributed by atoms with Crippen molar-refractivity contribution >= 4 is 11.9 Å². The highest BCUT2D eigenvalue weighted by Crippen LogP contribution is 2.36. The second-order valence-electron chi connectivity index (χ2n) is 8.30. The Labute approximate surface area is 171 Å². The maximum absolute atomic E-state index is 12.7. The van der Waals surface area contributed by atoms with Gasteiger partial charge in [0.25, 0.3) is 5.91 Å². The van der Waals surface area contributed by atoms with Crippen LogP contribution in [0.4, 0.5) is 0 Å². The van der Waals surface area contributed by atoms with Crippen LogP contribution < -0.4 is 0 Å². The van der Waals surface area contributed by atoms with Gasteiger partial charge in [0, 0.05) is 13.1 Å². The minimum absolute atomic E-state index is 0.0897. The molecule has 1 saturated carbocycles. The highest BCUT2D eigenvalue weighted by Gasteiger charge is 2.33. The third-order valence-electron chi connectivity index (χ3n) is 6.47. The van der Waals surface area contributed by atoms with E-state index in [-0.39, 0.29) is 12.5 Å². The summed E-state index contributed by atoms with van der Waals surface area (Å²) in [6.45, 7) is 5.02. The van der Waals surface area contributed by atoms with Gasteiger partial charge in [0.15, 0.2) is 6.61 Å². The van der Waals surface area contributed by atoms with Crippen LogP contribution in [0.3, 0.4) is 0 Å². The Kier molecular flexibility index (Phi) is 5.69. The fraction of sp³-hybridized carbons (Fsp3) is 0.522. The molecule has 1 saturated heterocycles. The number of benzene rings is 1. The van der Waals surface area contributed by atoms with Crippen molar-refractivity contribution in [1.82, 2.24) is 14.7 Å². The fourth-order valence-electron chi connectivity index (χ4n) is 4.88. The van der Waals surface area contributed by atoms with Crippen LogP contribution in [-0.4, -0.2) is 46.3 Å². The molecule has 2 aromatic rings. The van der Waals surface area contributed by atoms with E-state index in [1.165, 1.54) is 25.7 Å². The number of carbonyl (C=O) groups excluding carboxylic acids is 2. The number of esters is 1. The summed E-state index contributed by atoms with van der Waals surface area (Å²) in [5, 5.41) is 4.48. The molecule has 2 heterocycles. The molecule has 154 valence electrons. The minimum atomic E-state index is -0.483. The lowest BCUT2D eigenvalue weighted by molar-refractivity contribution is -0.137. The summed E-state index contributed by atoms with van der Waals surface area (Å²) in [4.78, 5) is 27.2. The predicted octanol–water partition coefficient (Wildman–Crippen LogP) is 3.68. The zero-order valence-corrected chi connectivity index (χ0v) is 17.3. The van der Waals surface area contributed by atoms with E-state index in [0.717, 1.165) is 31.1 Å². The molecule has 0 bridgehead atoms. The first kappa shape index (κ1) is 19.7. The van der Waals surface area contributed by atoms with Gasteiger partial charge in [0.1, 0.15) is 5.56 Å². The topological polar surface area (TPSA) is 64.4 Å². The van der Waals surface area contributed by atoms with Crippen molar-refractivity contribution in [3.05, 3.63) is 47.3 Å². The van der Waals surface area contributed by atoms with Gasteiger partial charge in [-0.05, 0) is 50.7 Å². The van der Waals surface area contributed by atoms with Gasteiger partial charge < -0.3 is 9.64 Å². The number of likely N-dealkylation sites (tertiary alicyclic amines) is 1. The summed E-state index contributed by atoms with van der Waals surface area (Å²) in [5.74, 6) is 0.812. The Morgan fingerprint density at radius 3 is 2.55 bits per heavy atom. The van der Waals surface area contributed by atoms with E-state index in [1.54, 1.807) is 11.6 Å². The molecule has 1 amide bonds. The van der Waals surface area contributed by atoms with Crippen molar-refractivity contribution < 1.29 is 14.3 Å². The molecule has 1 aliphatic carbocycles. The Morgan fingerprint density at radius 2 is 1.79 bits per heavy atom. The molecule has 0 spiro atoms. The van der Waals surface area contributed by atoms with Crippen molar-refractivity contribution in [2.45, 2.75) is 46.0 Å². The molecule has 6 heteroatoms. The number of hydrogen-bond donors (Lipinski definition) is 0. The summed E-state index contributed by atoms with van der Waals surface area (Å²) in [6.07, 6.45) is 6.17. The second-order valence-corrected chi connectivity index (χ2v) is 8.30. The van der Waals surface area contributed by atoms with E-state index < -0.39 is 5.97 Å². The van der Waals surface area contributed by atoms with Crippen molar-refractivity contribution in [3.8, 4) is 5.69 Å². The van der Waals surface area contributed by atoms with Gasteiger partial charge in [-0.15, -0.1) is 0 Å². The number of ether oxygens (including phenoxy) is 1. The lowest BCUT2D eigenvalue weighted by Crippen LogP contribution is -2.46. The smallest absolute Gasteiger partial charge is 0.342 e. The number of hydrogen-bond acceptors (Lipinski definition) is 4. The number of nitrogens with zero attached hydrogens (tertiary/aromatic N) is 3. The Morgan fingerprint density at radius 1 is 1.07 bits per heavy atom. The van der Waals surface area contributed by atoms with Crippen LogP contribution in [0.25, 0.3) is 5.69 Å². The van der Waals surface area contributed by atoms with E-state index in [1.807, 2.05) is 42.2 Å². The molecule has 2 fully saturated rings. The molecule has 1 aromatic carbocycles. The summed E-state index contributed by atoms with van der Waals surface area (Å²) in [5.41, 5.74) is 2.65. The lowest BCUT2D eigenvalue weighted by atomic mass is 9.75. The highest BCUT2D eigenvalue weighted by atomic mass is 16.5. The SMILES string of the molecule is Cc1nn(-c2ccccc2)c(C)c1C(=O)OCC(=O)N1CC[C@@H]2CCCC[C@H]2C1. The van der Waals surface area contributed by atoms with E-state index in [0.29, 0.717) is 22.9 Å². The average molecular weight is 396 g/mol. The third-order valence-corrected chi connectivity index (χ3v) is 6.47. The van der Waals surface area contributed by atoms with Gasteiger partial charge in [0.05, 0.1) is 17.1 Å². The highest BCUT2D eigenvalue weighted by molar-refractivity contribution is 5.93. The van der Waals surface area contributed by atoms with E-state index in [4.69, 9.17) is 4.74 Å². The number of carbonyl (C=O) groups is 2.